The van der Waals surface area contributed by atoms with Crippen molar-refractivity contribution in [2.24, 2.45) is 0 Å². The van der Waals surface area contributed by atoms with Gasteiger partial charge in [0.2, 0.25) is 0 Å². The normalized spacial score (nSPS) is 13.0. The summed E-state index contributed by atoms with van der Waals surface area (Å²) >= 11 is 1.88. The minimum atomic E-state index is 0.280. The van der Waals surface area contributed by atoms with E-state index < -0.39 is 0 Å². The fraction of sp³-hybridized carbons (Fsp3) is 0.727. The SMILES string of the molecule is CCCn1cncc1CSC(C)CCO. The largest absolute Gasteiger partial charge is 0.396 e. The quantitative estimate of drug-likeness (QED) is 0.778. The molecule has 0 aliphatic heterocycles. The second kappa shape index (κ2) is 6.90. The lowest BCUT2D eigenvalue weighted by Crippen LogP contribution is -2.03. The van der Waals surface area contributed by atoms with Crippen molar-refractivity contribution in [2.45, 2.75) is 44.2 Å². The average Bonchev–Trinajstić information content (AvgIpc) is 2.64. The van der Waals surface area contributed by atoms with Gasteiger partial charge >= 0.3 is 0 Å². The molecule has 0 fully saturated rings. The maximum absolute atomic E-state index is 8.80. The van der Waals surface area contributed by atoms with Crippen LogP contribution in [0.3, 0.4) is 0 Å². The minimum absolute atomic E-state index is 0.280. The molecule has 0 bridgehead atoms. The van der Waals surface area contributed by atoms with Gasteiger partial charge in [0.25, 0.3) is 0 Å². The Morgan fingerprint density at radius 3 is 3.07 bits per heavy atom. The van der Waals surface area contributed by atoms with Gasteiger partial charge < -0.3 is 9.67 Å². The number of aryl methyl sites for hydroxylation is 1. The van der Waals surface area contributed by atoms with E-state index in [-0.39, 0.29) is 6.61 Å². The van der Waals surface area contributed by atoms with E-state index in [2.05, 4.69) is 23.4 Å². The van der Waals surface area contributed by atoms with Gasteiger partial charge in [-0.3, -0.25) is 0 Å². The molecule has 0 spiro atoms. The molecule has 0 amide bonds. The summed E-state index contributed by atoms with van der Waals surface area (Å²) in [5, 5.41) is 9.32. The minimum Gasteiger partial charge on any atom is -0.396 e. The molecule has 4 heteroatoms. The third-order valence-corrected chi connectivity index (χ3v) is 3.58. The van der Waals surface area contributed by atoms with Crippen molar-refractivity contribution >= 4 is 11.8 Å². The molecule has 1 aromatic heterocycles. The van der Waals surface area contributed by atoms with Crippen molar-refractivity contribution in [3.8, 4) is 0 Å². The van der Waals surface area contributed by atoms with E-state index in [4.69, 9.17) is 5.11 Å². The first-order valence-electron chi connectivity index (χ1n) is 5.49. The molecule has 0 radical (unpaired) electrons. The highest BCUT2D eigenvalue weighted by atomic mass is 32.2. The second-order valence-corrected chi connectivity index (χ2v) is 5.14. The van der Waals surface area contributed by atoms with Crippen LogP contribution in [0.5, 0.6) is 0 Å². The Kier molecular flexibility index (Phi) is 5.79. The van der Waals surface area contributed by atoms with Crippen molar-refractivity contribution in [2.75, 3.05) is 6.61 Å². The number of nitrogens with zero attached hydrogens (tertiary/aromatic N) is 2. The van der Waals surface area contributed by atoms with Crippen LogP contribution in [0.4, 0.5) is 0 Å². The van der Waals surface area contributed by atoms with Crippen molar-refractivity contribution in [3.05, 3.63) is 18.2 Å². The zero-order valence-corrected chi connectivity index (χ0v) is 10.3. The molecule has 3 nitrogen and oxygen atoms in total. The summed E-state index contributed by atoms with van der Waals surface area (Å²) in [6, 6.07) is 0. The average molecular weight is 228 g/mol. The fourth-order valence-corrected chi connectivity index (χ4v) is 2.37. The zero-order valence-electron chi connectivity index (χ0n) is 9.52. The van der Waals surface area contributed by atoms with Crippen LogP contribution < -0.4 is 0 Å². The van der Waals surface area contributed by atoms with E-state index in [1.165, 1.54) is 5.69 Å². The van der Waals surface area contributed by atoms with E-state index >= 15 is 0 Å². The van der Waals surface area contributed by atoms with Gasteiger partial charge in [0.05, 0.1) is 6.33 Å². The third-order valence-electron chi connectivity index (χ3n) is 2.31. The summed E-state index contributed by atoms with van der Waals surface area (Å²) in [5.74, 6) is 0.987. The lowest BCUT2D eigenvalue weighted by molar-refractivity contribution is 0.289. The Hall–Kier alpha value is -0.480. The summed E-state index contributed by atoms with van der Waals surface area (Å²) in [4.78, 5) is 4.16. The van der Waals surface area contributed by atoms with Gasteiger partial charge in [-0.25, -0.2) is 4.98 Å². The Labute approximate surface area is 95.9 Å². The number of hydrogen-bond acceptors (Lipinski definition) is 3. The van der Waals surface area contributed by atoms with Gasteiger partial charge in [-0.05, 0) is 12.8 Å². The highest BCUT2D eigenvalue weighted by molar-refractivity contribution is 7.99. The fourth-order valence-electron chi connectivity index (χ4n) is 1.40. The number of thioether (sulfide) groups is 1. The van der Waals surface area contributed by atoms with Gasteiger partial charge in [0, 0.05) is 36.0 Å². The van der Waals surface area contributed by atoms with Crippen LogP contribution in [-0.2, 0) is 12.3 Å². The predicted molar refractivity (Wildman–Crippen MR) is 65.0 cm³/mol. The molecule has 0 aliphatic carbocycles. The molecule has 0 aromatic carbocycles. The molecular formula is C11H20N2OS. The number of rotatable bonds is 7. The molecule has 1 rings (SSSR count). The maximum atomic E-state index is 8.80. The van der Waals surface area contributed by atoms with Crippen LogP contribution in [0, 0.1) is 0 Å². The molecule has 15 heavy (non-hydrogen) atoms. The topological polar surface area (TPSA) is 38.0 Å². The second-order valence-electron chi connectivity index (χ2n) is 3.71. The highest BCUT2D eigenvalue weighted by Crippen LogP contribution is 2.19. The van der Waals surface area contributed by atoms with Gasteiger partial charge in [-0.1, -0.05) is 13.8 Å². The summed E-state index contributed by atoms with van der Waals surface area (Å²) in [6.07, 6.45) is 5.84. The molecular weight excluding hydrogens is 208 g/mol. The van der Waals surface area contributed by atoms with Crippen LogP contribution in [0.2, 0.25) is 0 Å². The van der Waals surface area contributed by atoms with E-state index in [1.54, 1.807) is 0 Å². The summed E-state index contributed by atoms with van der Waals surface area (Å²) in [7, 11) is 0. The molecule has 1 unspecified atom stereocenters. The first kappa shape index (κ1) is 12.6. The Bertz CT molecular complexity index is 275. The van der Waals surface area contributed by atoms with Gasteiger partial charge in [0.1, 0.15) is 0 Å². The first-order valence-corrected chi connectivity index (χ1v) is 6.54. The van der Waals surface area contributed by atoms with Crippen molar-refractivity contribution in [3.63, 3.8) is 0 Å². The van der Waals surface area contributed by atoms with E-state index in [9.17, 15) is 0 Å². The molecule has 0 aliphatic rings. The smallest absolute Gasteiger partial charge is 0.0948 e. The standard InChI is InChI=1S/C11H20N2OS/c1-3-5-13-9-12-7-11(13)8-15-10(2)4-6-14/h7,9-10,14H,3-6,8H2,1-2H3. The Balaban J connectivity index is 2.39. The number of aliphatic hydroxyl groups is 1. The van der Waals surface area contributed by atoms with E-state index in [1.807, 2.05) is 24.3 Å². The molecule has 86 valence electrons. The van der Waals surface area contributed by atoms with E-state index in [0.717, 1.165) is 25.1 Å². The number of aromatic nitrogens is 2. The van der Waals surface area contributed by atoms with Crippen molar-refractivity contribution < 1.29 is 5.11 Å². The lowest BCUT2D eigenvalue weighted by Gasteiger charge is -2.10. The lowest BCUT2D eigenvalue weighted by atomic mass is 10.3. The molecule has 1 heterocycles. The first-order chi connectivity index (χ1) is 7.27. The van der Waals surface area contributed by atoms with Crippen molar-refractivity contribution in [1.29, 1.82) is 0 Å². The number of hydrogen-bond donors (Lipinski definition) is 1. The predicted octanol–water partition coefficient (Wildman–Crippen LogP) is 2.30. The van der Waals surface area contributed by atoms with Gasteiger partial charge in [-0.2, -0.15) is 11.8 Å². The van der Waals surface area contributed by atoms with Crippen LogP contribution >= 0.6 is 11.8 Å². The zero-order chi connectivity index (χ0) is 11.1. The van der Waals surface area contributed by atoms with Crippen LogP contribution in [0.15, 0.2) is 12.5 Å². The number of imidazole rings is 1. The monoisotopic (exact) mass is 228 g/mol. The molecule has 1 atom stereocenters. The molecule has 0 saturated heterocycles. The third kappa shape index (κ3) is 4.26. The number of aliphatic hydroxyl groups excluding tert-OH is 1. The van der Waals surface area contributed by atoms with Gasteiger partial charge in [0.15, 0.2) is 0 Å². The molecule has 1 N–H and O–H groups in total. The Morgan fingerprint density at radius 2 is 2.40 bits per heavy atom. The highest BCUT2D eigenvalue weighted by Gasteiger charge is 2.05. The summed E-state index contributed by atoms with van der Waals surface area (Å²) in [6.45, 7) is 5.65. The molecule has 0 saturated carbocycles. The van der Waals surface area contributed by atoms with Crippen LogP contribution in [0.1, 0.15) is 32.4 Å². The maximum Gasteiger partial charge on any atom is 0.0948 e. The van der Waals surface area contributed by atoms with Crippen molar-refractivity contribution in [1.82, 2.24) is 9.55 Å². The van der Waals surface area contributed by atoms with Crippen LogP contribution in [0.25, 0.3) is 0 Å². The van der Waals surface area contributed by atoms with E-state index in [0.29, 0.717) is 5.25 Å². The van der Waals surface area contributed by atoms with Gasteiger partial charge in [-0.15, -0.1) is 0 Å². The Morgan fingerprint density at radius 1 is 1.60 bits per heavy atom. The summed E-state index contributed by atoms with van der Waals surface area (Å²) < 4.78 is 2.21. The molecule has 1 aromatic rings. The van der Waals surface area contributed by atoms with Crippen LogP contribution in [-0.4, -0.2) is 26.5 Å². The summed E-state index contributed by atoms with van der Waals surface area (Å²) in [5.41, 5.74) is 1.28.